The highest BCUT2D eigenvalue weighted by atomic mass is 16.5. The molecule has 0 radical (unpaired) electrons. The van der Waals surface area contributed by atoms with E-state index in [1.54, 1.807) is 25.3 Å². The van der Waals surface area contributed by atoms with Crippen LogP contribution >= 0.6 is 0 Å². The number of aliphatic hydroxyl groups excluding tert-OH is 1. The minimum atomic E-state index is -1.01. The van der Waals surface area contributed by atoms with Gasteiger partial charge in [0.25, 0.3) is 5.91 Å². The highest BCUT2D eigenvalue weighted by Crippen LogP contribution is 2.46. The number of carbonyl (C=O) groups excluding carboxylic acids is 3. The molecule has 0 aromatic heterocycles. The van der Waals surface area contributed by atoms with E-state index in [9.17, 15) is 19.5 Å². The van der Waals surface area contributed by atoms with Gasteiger partial charge >= 0.3 is 0 Å². The molecule has 1 aliphatic carbocycles. The topological polar surface area (TPSA) is 150 Å². The SMILES string of the molecule is COc1cccc2c1C(C(NC(=O)/C(=C/O)C(C)=N)C(=O)Nc1ccc3c(c1)NC(=O)C31CCOCC1)C2. The lowest BCUT2D eigenvalue weighted by atomic mass is 9.72. The first kappa shape index (κ1) is 25.5. The zero-order chi connectivity index (χ0) is 27.0. The van der Waals surface area contributed by atoms with Crippen molar-refractivity contribution in [1.29, 1.82) is 5.41 Å². The number of hydrogen-bond donors (Lipinski definition) is 5. The molecule has 3 amide bonds. The Labute approximate surface area is 219 Å². The summed E-state index contributed by atoms with van der Waals surface area (Å²) in [5.74, 6) is -1.02. The summed E-state index contributed by atoms with van der Waals surface area (Å²) in [5, 5.41) is 25.8. The van der Waals surface area contributed by atoms with Gasteiger partial charge in [-0.05, 0) is 55.5 Å². The van der Waals surface area contributed by atoms with Crippen molar-refractivity contribution in [2.45, 2.75) is 43.6 Å². The lowest BCUT2D eigenvalue weighted by Gasteiger charge is -2.37. The fourth-order valence-corrected chi connectivity index (χ4v) is 5.70. The lowest BCUT2D eigenvalue weighted by Crippen LogP contribution is -2.51. The Hall–Kier alpha value is -4.18. The van der Waals surface area contributed by atoms with Crippen LogP contribution in [0.1, 0.15) is 42.4 Å². The van der Waals surface area contributed by atoms with Gasteiger partial charge in [-0.3, -0.25) is 14.4 Å². The van der Waals surface area contributed by atoms with E-state index in [0.29, 0.717) is 55.9 Å². The molecule has 10 nitrogen and oxygen atoms in total. The van der Waals surface area contributed by atoms with Crippen LogP contribution in [-0.4, -0.2) is 54.9 Å². The standard InChI is InChI=1S/C28H30N4O6/c1-15(29)19(14-33)25(34)32-24(18-12-16-4-3-5-22(37-2)23(16)18)26(35)30-17-6-7-20-21(13-17)31-27(36)28(20)8-10-38-11-9-28/h3-7,13-14,18,24,29,33H,8-12H2,1-2H3,(H,30,35)(H,31,36)(H,32,34)/b19-14+,29-15?. The summed E-state index contributed by atoms with van der Waals surface area (Å²) in [6.45, 7) is 2.40. The van der Waals surface area contributed by atoms with Crippen LogP contribution in [0.25, 0.3) is 0 Å². The number of fused-ring (bicyclic) bond motifs is 3. The molecule has 198 valence electrons. The zero-order valence-electron chi connectivity index (χ0n) is 21.2. The maximum Gasteiger partial charge on any atom is 0.256 e. The third-order valence-electron chi connectivity index (χ3n) is 7.77. The lowest BCUT2D eigenvalue weighted by molar-refractivity contribution is -0.124. The molecule has 2 atom stereocenters. The molecule has 5 N–H and O–H groups in total. The summed E-state index contributed by atoms with van der Waals surface area (Å²) >= 11 is 0. The van der Waals surface area contributed by atoms with Crippen LogP contribution in [0.3, 0.4) is 0 Å². The molecule has 38 heavy (non-hydrogen) atoms. The minimum Gasteiger partial charge on any atom is -0.515 e. The van der Waals surface area contributed by atoms with Crippen molar-refractivity contribution in [3.8, 4) is 5.75 Å². The molecule has 2 unspecified atom stereocenters. The van der Waals surface area contributed by atoms with Crippen molar-refractivity contribution in [2.24, 2.45) is 0 Å². The number of aliphatic hydroxyl groups is 1. The Kier molecular flexibility index (Phi) is 6.66. The summed E-state index contributed by atoms with van der Waals surface area (Å²) in [7, 11) is 1.55. The largest absolute Gasteiger partial charge is 0.515 e. The molecule has 1 spiro atoms. The molecule has 1 fully saturated rings. The average Bonchev–Trinajstić information content (AvgIpc) is 3.14. The van der Waals surface area contributed by atoms with Crippen LogP contribution in [0.4, 0.5) is 11.4 Å². The van der Waals surface area contributed by atoms with Crippen LogP contribution in [0.2, 0.25) is 0 Å². The Morgan fingerprint density at radius 1 is 1.26 bits per heavy atom. The number of amides is 3. The van der Waals surface area contributed by atoms with Gasteiger partial charge in [-0.2, -0.15) is 0 Å². The molecule has 0 saturated carbocycles. The number of ether oxygens (including phenoxy) is 2. The molecule has 5 rings (SSSR count). The van der Waals surface area contributed by atoms with Crippen molar-refractivity contribution in [2.75, 3.05) is 31.0 Å². The second-order valence-corrected chi connectivity index (χ2v) is 9.86. The predicted molar refractivity (Wildman–Crippen MR) is 141 cm³/mol. The van der Waals surface area contributed by atoms with E-state index in [1.807, 2.05) is 18.2 Å². The van der Waals surface area contributed by atoms with E-state index in [2.05, 4.69) is 16.0 Å². The van der Waals surface area contributed by atoms with E-state index >= 15 is 0 Å². The number of anilines is 2. The molecule has 1 saturated heterocycles. The van der Waals surface area contributed by atoms with Gasteiger partial charge in [0.2, 0.25) is 11.8 Å². The van der Waals surface area contributed by atoms with Crippen LogP contribution in [0.5, 0.6) is 5.75 Å². The van der Waals surface area contributed by atoms with Crippen molar-refractivity contribution in [3.63, 3.8) is 0 Å². The number of carbonyl (C=O) groups is 3. The Morgan fingerprint density at radius 2 is 2.03 bits per heavy atom. The summed E-state index contributed by atoms with van der Waals surface area (Å²) in [4.78, 5) is 39.4. The maximum atomic E-state index is 13.6. The predicted octanol–water partition coefficient (Wildman–Crippen LogP) is 2.94. The molecule has 3 aliphatic rings. The molecule has 2 aliphatic heterocycles. The smallest absolute Gasteiger partial charge is 0.256 e. The molecule has 0 bridgehead atoms. The summed E-state index contributed by atoms with van der Waals surface area (Å²) in [6.07, 6.45) is 2.30. The second kappa shape index (κ2) is 9.94. The maximum absolute atomic E-state index is 13.6. The Bertz CT molecular complexity index is 1360. The van der Waals surface area contributed by atoms with Gasteiger partial charge in [0, 0.05) is 41.8 Å². The molecular formula is C28H30N4O6. The number of nitrogens with one attached hydrogen (secondary N) is 4. The third-order valence-corrected chi connectivity index (χ3v) is 7.77. The highest BCUT2D eigenvalue weighted by molar-refractivity contribution is 6.20. The first-order valence-corrected chi connectivity index (χ1v) is 12.5. The van der Waals surface area contributed by atoms with Crippen molar-refractivity contribution in [3.05, 3.63) is 64.9 Å². The van der Waals surface area contributed by atoms with E-state index < -0.39 is 23.3 Å². The van der Waals surface area contributed by atoms with Crippen LogP contribution < -0.4 is 20.7 Å². The summed E-state index contributed by atoms with van der Waals surface area (Å²) in [6, 6.07) is 9.95. The molecular weight excluding hydrogens is 488 g/mol. The number of benzene rings is 2. The third kappa shape index (κ3) is 4.20. The van der Waals surface area contributed by atoms with Crippen molar-refractivity contribution < 1.29 is 29.0 Å². The monoisotopic (exact) mass is 518 g/mol. The van der Waals surface area contributed by atoms with E-state index in [0.717, 1.165) is 16.7 Å². The van der Waals surface area contributed by atoms with Gasteiger partial charge in [-0.25, -0.2) is 0 Å². The van der Waals surface area contributed by atoms with E-state index in [4.69, 9.17) is 14.9 Å². The molecule has 10 heteroatoms. The van der Waals surface area contributed by atoms with Crippen LogP contribution in [0.15, 0.2) is 48.2 Å². The van der Waals surface area contributed by atoms with E-state index in [-0.39, 0.29) is 23.1 Å². The first-order chi connectivity index (χ1) is 18.3. The van der Waals surface area contributed by atoms with Gasteiger partial charge in [0.15, 0.2) is 0 Å². The molecule has 2 aromatic rings. The normalized spacial score (nSPS) is 19.9. The highest BCUT2D eigenvalue weighted by Gasteiger charge is 2.48. The van der Waals surface area contributed by atoms with Gasteiger partial charge in [0.1, 0.15) is 11.8 Å². The fraction of sp³-hybridized carbons (Fsp3) is 0.357. The second-order valence-electron chi connectivity index (χ2n) is 9.86. The van der Waals surface area contributed by atoms with Crippen LogP contribution in [-0.2, 0) is 31.0 Å². The summed E-state index contributed by atoms with van der Waals surface area (Å²) in [5.41, 5.74) is 2.89. The molecule has 2 aromatic carbocycles. The van der Waals surface area contributed by atoms with Crippen molar-refractivity contribution in [1.82, 2.24) is 5.32 Å². The number of hydrogen-bond acceptors (Lipinski definition) is 7. The fourth-order valence-electron chi connectivity index (χ4n) is 5.70. The molecule has 2 heterocycles. The average molecular weight is 519 g/mol. The van der Waals surface area contributed by atoms with Gasteiger partial charge in [-0.15, -0.1) is 0 Å². The first-order valence-electron chi connectivity index (χ1n) is 12.5. The van der Waals surface area contributed by atoms with E-state index in [1.165, 1.54) is 6.92 Å². The van der Waals surface area contributed by atoms with Gasteiger partial charge in [0.05, 0.1) is 24.4 Å². The van der Waals surface area contributed by atoms with Crippen molar-refractivity contribution >= 4 is 34.8 Å². The van der Waals surface area contributed by atoms with Crippen LogP contribution in [0, 0.1) is 5.41 Å². The van der Waals surface area contributed by atoms with Gasteiger partial charge in [-0.1, -0.05) is 18.2 Å². The van der Waals surface area contributed by atoms with Gasteiger partial charge < -0.3 is 35.9 Å². The Morgan fingerprint density at radius 3 is 2.71 bits per heavy atom. The Balaban J connectivity index is 1.42. The number of rotatable bonds is 7. The summed E-state index contributed by atoms with van der Waals surface area (Å²) < 4.78 is 11.0. The number of methoxy groups -OCH3 is 1. The quantitative estimate of drug-likeness (QED) is 0.216. The zero-order valence-corrected chi connectivity index (χ0v) is 21.2. The minimum absolute atomic E-state index is 0.0621.